The lowest BCUT2D eigenvalue weighted by Crippen LogP contribution is -2.55. The molecule has 0 spiro atoms. The molecule has 0 unspecified atom stereocenters. The average Bonchev–Trinajstić information content (AvgIpc) is 2.31. The molecule has 3 nitrogen and oxygen atoms in total. The third kappa shape index (κ3) is 2.22. The Labute approximate surface area is 104 Å². The summed E-state index contributed by atoms with van der Waals surface area (Å²) in [4.78, 5) is 13.8. The molecule has 5 heteroatoms. The van der Waals surface area contributed by atoms with Gasteiger partial charge in [0.1, 0.15) is 0 Å². The zero-order chi connectivity index (χ0) is 13.3. The number of hydrogen-bond donors (Lipinski definition) is 0. The first-order valence-corrected chi connectivity index (χ1v) is 5.77. The summed E-state index contributed by atoms with van der Waals surface area (Å²) in [5, 5.41) is 0. The van der Waals surface area contributed by atoms with Gasteiger partial charge in [-0.15, -0.1) is 0 Å². The normalized spacial score (nSPS) is 18.8. The molecule has 18 heavy (non-hydrogen) atoms. The summed E-state index contributed by atoms with van der Waals surface area (Å²) in [6.45, 7) is 4.84. The quantitative estimate of drug-likeness (QED) is 0.770. The van der Waals surface area contributed by atoms with Gasteiger partial charge in [-0.1, -0.05) is 6.07 Å². The van der Waals surface area contributed by atoms with E-state index in [9.17, 15) is 13.6 Å². The summed E-state index contributed by atoms with van der Waals surface area (Å²) in [6, 6.07) is 3.63. The molecule has 0 aliphatic carbocycles. The van der Waals surface area contributed by atoms with E-state index in [1.165, 1.54) is 17.0 Å². The van der Waals surface area contributed by atoms with E-state index in [-0.39, 0.29) is 5.56 Å². The monoisotopic (exact) mass is 255 g/mol. The number of amides is 1. The van der Waals surface area contributed by atoms with Gasteiger partial charge in [0, 0.05) is 6.54 Å². The zero-order valence-electron chi connectivity index (χ0n) is 10.4. The number of morpholine rings is 1. The molecule has 1 saturated heterocycles. The second-order valence-electron chi connectivity index (χ2n) is 4.92. The lowest BCUT2D eigenvalue weighted by atomic mass is 10.0. The molecule has 0 radical (unpaired) electrons. The molecule has 1 aliphatic heterocycles. The summed E-state index contributed by atoms with van der Waals surface area (Å²) in [7, 11) is 0. The van der Waals surface area contributed by atoms with Gasteiger partial charge in [-0.05, 0) is 26.0 Å². The van der Waals surface area contributed by atoms with Crippen molar-refractivity contribution >= 4 is 5.91 Å². The molecule has 1 heterocycles. The highest BCUT2D eigenvalue weighted by Gasteiger charge is 2.35. The van der Waals surface area contributed by atoms with Gasteiger partial charge < -0.3 is 9.64 Å². The fourth-order valence-corrected chi connectivity index (χ4v) is 2.05. The molecule has 1 aromatic rings. The van der Waals surface area contributed by atoms with Gasteiger partial charge in [0.2, 0.25) is 0 Å². The highest BCUT2D eigenvalue weighted by atomic mass is 19.2. The molecule has 1 aromatic carbocycles. The number of nitrogens with zero attached hydrogens (tertiary/aromatic N) is 1. The van der Waals surface area contributed by atoms with Crippen LogP contribution in [0.4, 0.5) is 8.78 Å². The Kier molecular flexibility index (Phi) is 3.34. The summed E-state index contributed by atoms with van der Waals surface area (Å²) in [6.07, 6.45) is 0. The summed E-state index contributed by atoms with van der Waals surface area (Å²) in [5.41, 5.74) is -0.751. The summed E-state index contributed by atoms with van der Waals surface area (Å²) >= 11 is 0. The largest absolute Gasteiger partial charge is 0.377 e. The van der Waals surface area contributed by atoms with Gasteiger partial charge in [0.05, 0.1) is 24.3 Å². The second kappa shape index (κ2) is 4.65. The van der Waals surface area contributed by atoms with Crippen molar-refractivity contribution in [2.75, 3.05) is 19.8 Å². The molecule has 1 aliphatic rings. The topological polar surface area (TPSA) is 29.5 Å². The Balaban J connectivity index is 2.33. The molecule has 2 rings (SSSR count). The molecule has 98 valence electrons. The van der Waals surface area contributed by atoms with Crippen LogP contribution in [-0.2, 0) is 4.74 Å². The van der Waals surface area contributed by atoms with E-state index in [2.05, 4.69) is 0 Å². The minimum atomic E-state index is -1.09. The molecule has 0 atom stereocenters. The lowest BCUT2D eigenvalue weighted by Gasteiger charge is -2.42. The van der Waals surface area contributed by atoms with E-state index in [0.29, 0.717) is 19.8 Å². The van der Waals surface area contributed by atoms with Crippen LogP contribution in [0.1, 0.15) is 24.2 Å². The Bertz CT molecular complexity index is 474. The number of rotatable bonds is 1. The van der Waals surface area contributed by atoms with Crippen LogP contribution in [0, 0.1) is 11.6 Å². The fraction of sp³-hybridized carbons (Fsp3) is 0.462. The van der Waals surface area contributed by atoms with Crippen molar-refractivity contribution in [3.8, 4) is 0 Å². The SMILES string of the molecule is CC1(C)COCCN1C(=O)c1cccc(F)c1F. The molecule has 0 bridgehead atoms. The number of carbonyl (C=O) groups excluding carboxylic acids is 1. The van der Waals surface area contributed by atoms with E-state index < -0.39 is 23.1 Å². The summed E-state index contributed by atoms with van der Waals surface area (Å²) in [5.74, 6) is -2.60. The maximum Gasteiger partial charge on any atom is 0.257 e. The Morgan fingerprint density at radius 2 is 2.11 bits per heavy atom. The van der Waals surface area contributed by atoms with Crippen LogP contribution in [0.3, 0.4) is 0 Å². The van der Waals surface area contributed by atoms with Crippen LogP contribution >= 0.6 is 0 Å². The van der Waals surface area contributed by atoms with Gasteiger partial charge >= 0.3 is 0 Å². The minimum Gasteiger partial charge on any atom is -0.377 e. The van der Waals surface area contributed by atoms with E-state index in [1.54, 1.807) is 0 Å². The van der Waals surface area contributed by atoms with Crippen LogP contribution in [0.25, 0.3) is 0 Å². The number of halogens is 2. The predicted molar refractivity (Wildman–Crippen MR) is 62.3 cm³/mol. The van der Waals surface area contributed by atoms with Crippen molar-refractivity contribution in [3.05, 3.63) is 35.4 Å². The van der Waals surface area contributed by atoms with E-state index >= 15 is 0 Å². The zero-order valence-corrected chi connectivity index (χ0v) is 10.4. The Morgan fingerprint density at radius 1 is 1.39 bits per heavy atom. The van der Waals surface area contributed by atoms with E-state index in [1.807, 2.05) is 13.8 Å². The maximum atomic E-state index is 13.6. The van der Waals surface area contributed by atoms with Gasteiger partial charge in [0.25, 0.3) is 5.91 Å². The van der Waals surface area contributed by atoms with Crippen LogP contribution in [-0.4, -0.2) is 36.1 Å². The van der Waals surface area contributed by atoms with Crippen molar-refractivity contribution in [2.45, 2.75) is 19.4 Å². The molecule has 0 N–H and O–H groups in total. The van der Waals surface area contributed by atoms with Crippen LogP contribution < -0.4 is 0 Å². The Morgan fingerprint density at radius 3 is 2.78 bits per heavy atom. The van der Waals surface area contributed by atoms with Crippen molar-refractivity contribution in [3.63, 3.8) is 0 Å². The molecule has 0 saturated carbocycles. The van der Waals surface area contributed by atoms with Crippen molar-refractivity contribution < 1.29 is 18.3 Å². The van der Waals surface area contributed by atoms with Gasteiger partial charge in [-0.2, -0.15) is 0 Å². The van der Waals surface area contributed by atoms with E-state index in [0.717, 1.165) is 6.07 Å². The third-order valence-corrected chi connectivity index (χ3v) is 3.07. The molecule has 1 amide bonds. The minimum absolute atomic E-state index is 0.232. The van der Waals surface area contributed by atoms with E-state index in [4.69, 9.17) is 4.74 Å². The smallest absolute Gasteiger partial charge is 0.257 e. The highest BCUT2D eigenvalue weighted by Crippen LogP contribution is 2.23. The average molecular weight is 255 g/mol. The first-order valence-electron chi connectivity index (χ1n) is 5.77. The van der Waals surface area contributed by atoms with Crippen LogP contribution in [0.5, 0.6) is 0 Å². The second-order valence-corrected chi connectivity index (χ2v) is 4.92. The fourth-order valence-electron chi connectivity index (χ4n) is 2.05. The molecule has 0 aromatic heterocycles. The van der Waals surface area contributed by atoms with Crippen molar-refractivity contribution in [1.29, 1.82) is 0 Å². The number of benzene rings is 1. The van der Waals surface area contributed by atoms with Crippen LogP contribution in [0.2, 0.25) is 0 Å². The highest BCUT2D eigenvalue weighted by molar-refractivity contribution is 5.95. The van der Waals surface area contributed by atoms with Gasteiger partial charge in [-0.3, -0.25) is 4.79 Å². The molecular weight excluding hydrogens is 240 g/mol. The van der Waals surface area contributed by atoms with Gasteiger partial charge in [0.15, 0.2) is 11.6 Å². The predicted octanol–water partition coefficient (Wildman–Crippen LogP) is 2.22. The molecular formula is C13H15F2NO2. The molecule has 1 fully saturated rings. The van der Waals surface area contributed by atoms with Gasteiger partial charge in [-0.25, -0.2) is 8.78 Å². The number of ether oxygens (including phenoxy) is 1. The van der Waals surface area contributed by atoms with Crippen molar-refractivity contribution in [1.82, 2.24) is 4.90 Å². The maximum absolute atomic E-state index is 13.6. The number of carbonyl (C=O) groups is 1. The van der Waals surface area contributed by atoms with Crippen LogP contribution in [0.15, 0.2) is 18.2 Å². The van der Waals surface area contributed by atoms with Crippen molar-refractivity contribution in [2.24, 2.45) is 0 Å². The first-order chi connectivity index (χ1) is 8.43. The number of hydrogen-bond acceptors (Lipinski definition) is 2. The summed E-state index contributed by atoms with van der Waals surface area (Å²) < 4.78 is 32.0. The standard InChI is InChI=1S/C13H15F2NO2/c1-13(2)8-18-7-6-16(13)12(17)9-4-3-5-10(14)11(9)15/h3-5H,6-8H2,1-2H3. The third-order valence-electron chi connectivity index (χ3n) is 3.07. The lowest BCUT2D eigenvalue weighted by molar-refractivity contribution is -0.0372. The Hall–Kier alpha value is -1.49. The first kappa shape index (κ1) is 13.0.